The molecule has 1 aromatic carbocycles. The van der Waals surface area contributed by atoms with Gasteiger partial charge in [-0.3, -0.25) is 4.79 Å². The minimum atomic E-state index is -0.318. The van der Waals surface area contributed by atoms with E-state index in [1.54, 1.807) is 12.3 Å². The third-order valence-electron chi connectivity index (χ3n) is 8.27. The minimum Gasteiger partial charge on any atom is -0.349 e. The van der Waals surface area contributed by atoms with Crippen molar-refractivity contribution in [3.8, 4) is 11.1 Å². The highest BCUT2D eigenvalue weighted by Crippen LogP contribution is 2.36. The van der Waals surface area contributed by atoms with Gasteiger partial charge in [0, 0.05) is 38.3 Å². The van der Waals surface area contributed by atoms with E-state index in [2.05, 4.69) is 42.8 Å². The highest BCUT2D eigenvalue weighted by Gasteiger charge is 2.23. The second kappa shape index (κ2) is 11.9. The van der Waals surface area contributed by atoms with E-state index in [1.165, 1.54) is 25.7 Å². The fraction of sp³-hybridized carbons (Fsp3) is 0.516. The van der Waals surface area contributed by atoms with Crippen molar-refractivity contribution in [2.24, 2.45) is 0 Å². The second-order valence-electron chi connectivity index (χ2n) is 10.9. The number of carbonyl (C=O) groups excluding carboxylic acids is 1. The van der Waals surface area contributed by atoms with Crippen molar-refractivity contribution in [1.82, 2.24) is 29.7 Å². The third kappa shape index (κ3) is 5.57. The van der Waals surface area contributed by atoms with E-state index in [0.29, 0.717) is 22.8 Å². The summed E-state index contributed by atoms with van der Waals surface area (Å²) in [7, 11) is 2.11. The molecule has 1 amide bonds. The molecule has 3 aromatic heterocycles. The van der Waals surface area contributed by atoms with Crippen molar-refractivity contribution in [2.75, 3.05) is 20.1 Å². The molecule has 1 saturated heterocycles. The van der Waals surface area contributed by atoms with E-state index >= 15 is 4.39 Å². The van der Waals surface area contributed by atoms with Crippen molar-refractivity contribution in [2.45, 2.75) is 84.2 Å². The number of likely N-dealkylation sites (tertiary alicyclic amines) is 1. The normalized spacial score (nSPS) is 17.7. The van der Waals surface area contributed by atoms with Gasteiger partial charge in [0.2, 0.25) is 0 Å². The Kier molecular flexibility index (Phi) is 8.31. The van der Waals surface area contributed by atoms with Crippen LogP contribution in [-0.2, 0) is 0 Å². The molecule has 7 nitrogen and oxygen atoms in total. The van der Waals surface area contributed by atoms with Crippen LogP contribution in [0.4, 0.5) is 4.39 Å². The molecule has 0 bridgehead atoms. The summed E-state index contributed by atoms with van der Waals surface area (Å²) in [4.78, 5) is 27.6. The molecule has 39 heavy (non-hydrogen) atoms. The van der Waals surface area contributed by atoms with Gasteiger partial charge in [-0.05, 0) is 76.5 Å². The first-order valence-corrected chi connectivity index (χ1v) is 14.6. The van der Waals surface area contributed by atoms with Crippen LogP contribution < -0.4 is 5.32 Å². The molecular weight excluding hydrogens is 491 g/mol. The van der Waals surface area contributed by atoms with Crippen molar-refractivity contribution < 1.29 is 12.0 Å². The van der Waals surface area contributed by atoms with E-state index in [-0.39, 0.29) is 20.6 Å². The number of aromatic nitrogens is 4. The molecule has 0 unspecified atom stereocenters. The fourth-order valence-electron chi connectivity index (χ4n) is 6.19. The summed E-state index contributed by atoms with van der Waals surface area (Å²) >= 11 is 0. The molecule has 2 fully saturated rings. The highest BCUT2D eigenvalue weighted by molar-refractivity contribution is 6.02. The third-order valence-corrected chi connectivity index (χ3v) is 8.27. The number of aryl methyl sites for hydroxylation is 1. The van der Waals surface area contributed by atoms with E-state index in [1.807, 2.05) is 33.0 Å². The Hall–Kier alpha value is -3.26. The number of rotatable bonds is 4. The molecule has 4 heterocycles. The van der Waals surface area contributed by atoms with Crippen molar-refractivity contribution in [1.29, 1.82) is 0 Å². The van der Waals surface area contributed by atoms with Crippen LogP contribution >= 0.6 is 0 Å². The van der Waals surface area contributed by atoms with Gasteiger partial charge in [0.25, 0.3) is 5.91 Å². The molecule has 1 aliphatic carbocycles. The first-order valence-electron chi connectivity index (χ1n) is 14.6. The number of pyridine rings is 1. The Morgan fingerprint density at radius 1 is 1.08 bits per heavy atom. The summed E-state index contributed by atoms with van der Waals surface area (Å²) in [5.74, 6) is 0.438. The number of hydrogen-bond acceptors (Lipinski definition) is 4. The topological polar surface area (TPSA) is 78.8 Å². The number of imidazole rings is 1. The average molecular weight is 537 g/mol. The standard InChI is InChI=1S/C29H35FN6O.C2H6.2H2/c1-18-33-27-25(30)14-19(15-26(27)36(18)22-7-5-3-4-6-8-22)24-17-32-28-23(24)13-20(16-31-28)29(37)34-21-9-11-35(2)12-10-21;1-2;;/h13-17,21-22H,3-12H2,1-2H3,(H,31,32)(H,34,37);1-2H3;2*1H. The van der Waals surface area contributed by atoms with Gasteiger partial charge >= 0.3 is 0 Å². The predicted octanol–water partition coefficient (Wildman–Crippen LogP) is 7.26. The van der Waals surface area contributed by atoms with Gasteiger partial charge < -0.3 is 19.8 Å². The smallest absolute Gasteiger partial charge is 0.253 e. The SMILES string of the molecule is CC.Cc1nc2c(F)cc(-c3c[nH]c4ncc(C(=O)NC5CCN(C)CC5)cc34)cc2n1C1CCCCCC1.[HH].[HH]. The van der Waals surface area contributed by atoms with Crippen LogP contribution in [0.3, 0.4) is 0 Å². The Labute approximate surface area is 233 Å². The monoisotopic (exact) mass is 536 g/mol. The predicted molar refractivity (Wildman–Crippen MR) is 160 cm³/mol. The van der Waals surface area contributed by atoms with E-state index in [0.717, 1.165) is 66.6 Å². The lowest BCUT2D eigenvalue weighted by Crippen LogP contribution is -2.43. The molecule has 0 spiro atoms. The van der Waals surface area contributed by atoms with Gasteiger partial charge in [-0.25, -0.2) is 14.4 Å². The number of nitrogens with one attached hydrogen (secondary N) is 2. The summed E-state index contributed by atoms with van der Waals surface area (Å²) in [6.07, 6.45) is 12.5. The van der Waals surface area contributed by atoms with Crippen LogP contribution in [0.25, 0.3) is 33.2 Å². The Morgan fingerprint density at radius 3 is 2.51 bits per heavy atom. The molecule has 212 valence electrons. The molecule has 1 saturated carbocycles. The number of hydrogen-bond donors (Lipinski definition) is 2. The maximum Gasteiger partial charge on any atom is 0.253 e. The number of halogens is 1. The van der Waals surface area contributed by atoms with Crippen LogP contribution in [0.2, 0.25) is 0 Å². The zero-order valence-corrected chi connectivity index (χ0v) is 23.7. The van der Waals surface area contributed by atoms with Crippen molar-refractivity contribution >= 4 is 28.0 Å². The van der Waals surface area contributed by atoms with Gasteiger partial charge in [-0.2, -0.15) is 0 Å². The van der Waals surface area contributed by atoms with E-state index in [9.17, 15) is 4.79 Å². The summed E-state index contributed by atoms with van der Waals surface area (Å²) < 4.78 is 17.7. The second-order valence-corrected chi connectivity index (χ2v) is 10.9. The number of benzene rings is 1. The Morgan fingerprint density at radius 2 is 1.79 bits per heavy atom. The summed E-state index contributed by atoms with van der Waals surface area (Å²) in [5.41, 5.74) is 4.08. The zero-order chi connectivity index (χ0) is 27.5. The van der Waals surface area contributed by atoms with E-state index < -0.39 is 0 Å². The molecule has 4 aromatic rings. The van der Waals surface area contributed by atoms with Gasteiger partial charge in [-0.1, -0.05) is 39.5 Å². The van der Waals surface area contributed by atoms with Crippen LogP contribution in [0.1, 0.15) is 90.3 Å². The minimum absolute atomic E-state index is 0. The lowest BCUT2D eigenvalue weighted by atomic mass is 10.0. The quantitative estimate of drug-likeness (QED) is 0.269. The van der Waals surface area contributed by atoms with Crippen LogP contribution in [0.15, 0.2) is 30.6 Å². The molecule has 2 N–H and O–H groups in total. The molecule has 6 rings (SSSR count). The number of piperidine rings is 1. The largest absolute Gasteiger partial charge is 0.349 e. The first kappa shape index (κ1) is 27.3. The Bertz CT molecular complexity index is 1450. The summed E-state index contributed by atoms with van der Waals surface area (Å²) in [6.45, 7) is 7.94. The molecule has 0 radical (unpaired) electrons. The maximum atomic E-state index is 15.4. The van der Waals surface area contributed by atoms with Gasteiger partial charge in [0.05, 0.1) is 11.1 Å². The lowest BCUT2D eigenvalue weighted by Gasteiger charge is -2.29. The van der Waals surface area contributed by atoms with Crippen molar-refractivity contribution in [3.05, 3.63) is 47.8 Å². The van der Waals surface area contributed by atoms with Crippen LogP contribution in [0.5, 0.6) is 0 Å². The number of carbonyl (C=O) groups is 1. The Balaban J connectivity index is 0.00000113. The van der Waals surface area contributed by atoms with Gasteiger partial charge in [0.15, 0.2) is 5.82 Å². The van der Waals surface area contributed by atoms with Crippen molar-refractivity contribution in [3.63, 3.8) is 0 Å². The molecular formula is C31H45FN6O. The number of aromatic amines is 1. The molecule has 0 atom stereocenters. The first-order chi connectivity index (χ1) is 19.0. The van der Waals surface area contributed by atoms with Gasteiger partial charge in [0.1, 0.15) is 17.0 Å². The maximum absolute atomic E-state index is 15.4. The number of H-pyrrole nitrogens is 1. The lowest BCUT2D eigenvalue weighted by molar-refractivity contribution is 0.0916. The van der Waals surface area contributed by atoms with Crippen LogP contribution in [0, 0.1) is 12.7 Å². The summed E-state index contributed by atoms with van der Waals surface area (Å²) in [6, 6.07) is 6.00. The molecule has 1 aliphatic heterocycles. The van der Waals surface area contributed by atoms with Crippen LogP contribution in [-0.4, -0.2) is 56.5 Å². The van der Waals surface area contributed by atoms with Gasteiger partial charge in [-0.15, -0.1) is 0 Å². The highest BCUT2D eigenvalue weighted by atomic mass is 19.1. The fourth-order valence-corrected chi connectivity index (χ4v) is 6.19. The molecule has 8 heteroatoms. The summed E-state index contributed by atoms with van der Waals surface area (Å²) in [5, 5.41) is 3.98. The number of nitrogens with zero attached hydrogens (tertiary/aromatic N) is 4. The molecule has 2 aliphatic rings. The number of fused-ring (bicyclic) bond motifs is 2. The van der Waals surface area contributed by atoms with E-state index in [4.69, 9.17) is 0 Å². The average Bonchev–Trinajstić information content (AvgIpc) is 3.40. The number of amides is 1. The zero-order valence-electron chi connectivity index (χ0n) is 23.7.